The van der Waals surface area contributed by atoms with Gasteiger partial charge in [-0.3, -0.25) is 15.0 Å². The van der Waals surface area contributed by atoms with Crippen molar-refractivity contribution in [1.82, 2.24) is 5.32 Å². The Kier molecular flexibility index (Phi) is 3.87. The van der Waals surface area contributed by atoms with Crippen molar-refractivity contribution in [2.45, 2.75) is 19.8 Å². The molecule has 0 bridgehead atoms. The summed E-state index contributed by atoms with van der Waals surface area (Å²) in [6.07, 6.45) is 1.86. The molecule has 0 spiro atoms. The van der Waals surface area contributed by atoms with Crippen LogP contribution in [0.1, 0.15) is 17.5 Å². The number of benzene rings is 1. The molecule has 0 saturated carbocycles. The predicted molar refractivity (Wildman–Crippen MR) is 71.1 cm³/mol. The van der Waals surface area contributed by atoms with Crippen LogP contribution in [0.2, 0.25) is 0 Å². The maximum Gasteiger partial charge on any atom is 0.328 e. The van der Waals surface area contributed by atoms with Crippen molar-refractivity contribution in [2.75, 3.05) is 17.3 Å². The van der Waals surface area contributed by atoms with Crippen LogP contribution < -0.4 is 10.2 Å². The average molecular weight is 267 g/mol. The zero-order chi connectivity index (χ0) is 13.1. The number of nitrogens with zero attached hydrogens (tertiary/aromatic N) is 1. The van der Waals surface area contributed by atoms with Gasteiger partial charge in [-0.15, -0.1) is 11.6 Å². The second kappa shape index (κ2) is 5.40. The van der Waals surface area contributed by atoms with E-state index in [-0.39, 0.29) is 5.88 Å². The summed E-state index contributed by atoms with van der Waals surface area (Å²) in [5, 5.41) is 2.27. The first-order valence-electron chi connectivity index (χ1n) is 5.88. The molecule has 1 aromatic rings. The van der Waals surface area contributed by atoms with E-state index < -0.39 is 11.9 Å². The van der Waals surface area contributed by atoms with Crippen molar-refractivity contribution < 1.29 is 9.59 Å². The fourth-order valence-electron chi connectivity index (χ4n) is 2.16. The summed E-state index contributed by atoms with van der Waals surface area (Å²) in [6.45, 7) is 2.65. The van der Waals surface area contributed by atoms with Gasteiger partial charge < -0.3 is 0 Å². The van der Waals surface area contributed by atoms with Gasteiger partial charge in [-0.25, -0.2) is 4.79 Å². The minimum absolute atomic E-state index is 0.208. The number of anilines is 1. The van der Waals surface area contributed by atoms with Gasteiger partial charge >= 0.3 is 6.03 Å². The molecule has 1 aliphatic rings. The molecule has 0 saturated heterocycles. The maximum atomic E-state index is 12.0. The smallest absolute Gasteiger partial charge is 0.294 e. The molecule has 0 fully saturated rings. The molecular formula is C13H15ClN2O2. The van der Waals surface area contributed by atoms with Crippen LogP contribution in [0.4, 0.5) is 10.5 Å². The van der Waals surface area contributed by atoms with E-state index in [0.717, 1.165) is 24.1 Å². The molecule has 1 N–H and O–H groups in total. The van der Waals surface area contributed by atoms with Crippen LogP contribution in [0.25, 0.3) is 0 Å². The standard InChI is InChI=1S/C13H15ClN2O2/c1-9-4-5-11-10(7-9)3-2-6-16(11)13(18)15-12(17)8-14/h4-5,7H,2-3,6,8H2,1H3,(H,15,17,18). The molecule has 1 aromatic carbocycles. The number of imide groups is 1. The number of carbonyl (C=O) groups is 2. The third-order valence-electron chi connectivity index (χ3n) is 2.97. The zero-order valence-electron chi connectivity index (χ0n) is 10.2. The van der Waals surface area contributed by atoms with Crippen molar-refractivity contribution in [2.24, 2.45) is 0 Å². The lowest BCUT2D eigenvalue weighted by molar-refractivity contribution is -0.117. The number of amides is 3. The molecular weight excluding hydrogens is 252 g/mol. The van der Waals surface area contributed by atoms with E-state index in [0.29, 0.717) is 6.54 Å². The lowest BCUT2D eigenvalue weighted by Gasteiger charge is -2.29. The van der Waals surface area contributed by atoms with Crippen molar-refractivity contribution in [3.63, 3.8) is 0 Å². The van der Waals surface area contributed by atoms with Gasteiger partial charge in [0.25, 0.3) is 0 Å². The highest BCUT2D eigenvalue weighted by molar-refractivity contribution is 6.28. The lowest BCUT2D eigenvalue weighted by atomic mass is 10.00. The fourth-order valence-corrected chi connectivity index (χ4v) is 2.22. The van der Waals surface area contributed by atoms with Crippen molar-refractivity contribution in [3.8, 4) is 0 Å². The molecule has 18 heavy (non-hydrogen) atoms. The summed E-state index contributed by atoms with van der Waals surface area (Å²) >= 11 is 5.37. The maximum absolute atomic E-state index is 12.0. The third kappa shape index (κ3) is 2.64. The first-order chi connectivity index (χ1) is 8.61. The molecule has 0 radical (unpaired) electrons. The molecule has 2 rings (SSSR count). The number of aryl methyl sites for hydroxylation is 2. The van der Waals surface area contributed by atoms with E-state index in [1.54, 1.807) is 4.90 Å². The van der Waals surface area contributed by atoms with Gasteiger partial charge in [-0.1, -0.05) is 17.7 Å². The molecule has 1 heterocycles. The summed E-state index contributed by atoms with van der Waals surface area (Å²) in [5.74, 6) is -0.679. The lowest BCUT2D eigenvalue weighted by Crippen LogP contribution is -2.45. The summed E-state index contributed by atoms with van der Waals surface area (Å²) in [7, 11) is 0. The number of carbonyl (C=O) groups excluding carboxylic acids is 2. The van der Waals surface area contributed by atoms with E-state index in [1.165, 1.54) is 5.56 Å². The van der Waals surface area contributed by atoms with Crippen LogP contribution in [0.15, 0.2) is 18.2 Å². The molecule has 0 unspecified atom stereocenters. The van der Waals surface area contributed by atoms with Crippen LogP contribution in [0, 0.1) is 6.92 Å². The van der Waals surface area contributed by atoms with Gasteiger partial charge in [0, 0.05) is 12.2 Å². The number of hydrogen-bond acceptors (Lipinski definition) is 2. The summed E-state index contributed by atoms with van der Waals surface area (Å²) in [6, 6.07) is 5.58. The van der Waals surface area contributed by atoms with Crippen molar-refractivity contribution in [3.05, 3.63) is 29.3 Å². The van der Waals surface area contributed by atoms with Gasteiger partial charge in [0.05, 0.1) is 0 Å². The number of nitrogens with one attached hydrogen (secondary N) is 1. The molecule has 0 aliphatic carbocycles. The molecule has 5 heteroatoms. The van der Waals surface area contributed by atoms with Crippen LogP contribution in [-0.2, 0) is 11.2 Å². The highest BCUT2D eigenvalue weighted by Crippen LogP contribution is 2.27. The Morgan fingerprint density at radius 2 is 2.22 bits per heavy atom. The summed E-state index contributed by atoms with van der Waals surface area (Å²) in [4.78, 5) is 24.7. The Bertz CT molecular complexity index is 488. The molecule has 1 aliphatic heterocycles. The second-order valence-electron chi connectivity index (χ2n) is 4.37. The average Bonchev–Trinajstić information content (AvgIpc) is 2.37. The number of rotatable bonds is 1. The zero-order valence-corrected chi connectivity index (χ0v) is 11.0. The molecule has 0 atom stereocenters. The summed E-state index contributed by atoms with van der Waals surface area (Å²) < 4.78 is 0. The largest absolute Gasteiger partial charge is 0.328 e. The Morgan fingerprint density at radius 3 is 2.94 bits per heavy atom. The SMILES string of the molecule is Cc1ccc2c(c1)CCCN2C(=O)NC(=O)CCl. The van der Waals surface area contributed by atoms with Crippen molar-refractivity contribution in [1.29, 1.82) is 0 Å². The number of halogens is 1. The molecule has 4 nitrogen and oxygen atoms in total. The third-order valence-corrected chi connectivity index (χ3v) is 3.21. The Morgan fingerprint density at radius 1 is 1.44 bits per heavy atom. The monoisotopic (exact) mass is 266 g/mol. The number of fused-ring (bicyclic) bond motifs is 1. The van der Waals surface area contributed by atoms with Gasteiger partial charge in [-0.05, 0) is 31.4 Å². The normalized spacial score (nSPS) is 14.0. The van der Waals surface area contributed by atoms with Gasteiger partial charge in [0.1, 0.15) is 5.88 Å². The van der Waals surface area contributed by atoms with Gasteiger partial charge in [0.2, 0.25) is 5.91 Å². The quantitative estimate of drug-likeness (QED) is 0.793. The number of urea groups is 1. The molecule has 96 valence electrons. The van der Waals surface area contributed by atoms with Crippen LogP contribution in [0.3, 0.4) is 0 Å². The van der Waals surface area contributed by atoms with E-state index in [4.69, 9.17) is 11.6 Å². The van der Waals surface area contributed by atoms with Gasteiger partial charge in [0.15, 0.2) is 0 Å². The van der Waals surface area contributed by atoms with E-state index >= 15 is 0 Å². The highest BCUT2D eigenvalue weighted by Gasteiger charge is 2.23. The number of hydrogen-bond donors (Lipinski definition) is 1. The molecule has 3 amide bonds. The van der Waals surface area contributed by atoms with E-state index in [9.17, 15) is 9.59 Å². The number of alkyl halides is 1. The Labute approximate surface area is 111 Å². The van der Waals surface area contributed by atoms with E-state index in [1.807, 2.05) is 19.1 Å². The highest BCUT2D eigenvalue weighted by atomic mass is 35.5. The molecule has 0 aromatic heterocycles. The second-order valence-corrected chi connectivity index (χ2v) is 4.64. The first kappa shape index (κ1) is 12.9. The van der Waals surface area contributed by atoms with Crippen molar-refractivity contribution >= 4 is 29.2 Å². The van der Waals surface area contributed by atoms with Crippen LogP contribution >= 0.6 is 11.6 Å². The van der Waals surface area contributed by atoms with Crippen LogP contribution in [0.5, 0.6) is 0 Å². The first-order valence-corrected chi connectivity index (χ1v) is 6.42. The fraction of sp³-hybridized carbons (Fsp3) is 0.385. The topological polar surface area (TPSA) is 49.4 Å². The predicted octanol–water partition coefficient (Wildman–Crippen LogP) is 2.22. The minimum Gasteiger partial charge on any atom is -0.294 e. The van der Waals surface area contributed by atoms with E-state index in [2.05, 4.69) is 11.4 Å². The summed E-state index contributed by atoms with van der Waals surface area (Å²) in [5.41, 5.74) is 3.20. The Balaban J connectivity index is 2.22. The Hall–Kier alpha value is -1.55. The van der Waals surface area contributed by atoms with Gasteiger partial charge in [-0.2, -0.15) is 0 Å². The van der Waals surface area contributed by atoms with Crippen LogP contribution in [-0.4, -0.2) is 24.4 Å². The minimum atomic E-state index is -0.471.